The predicted molar refractivity (Wildman–Crippen MR) is 84.7 cm³/mol. The lowest BCUT2D eigenvalue weighted by Crippen LogP contribution is -2.21. The lowest BCUT2D eigenvalue weighted by atomic mass is 9.97. The summed E-state index contributed by atoms with van der Waals surface area (Å²) in [6.07, 6.45) is -2.87. The predicted octanol–water partition coefficient (Wildman–Crippen LogP) is 4.67. The van der Waals surface area contributed by atoms with Crippen LogP contribution in [-0.4, -0.2) is 29.5 Å². The highest BCUT2D eigenvalue weighted by Crippen LogP contribution is 2.36. The van der Waals surface area contributed by atoms with Gasteiger partial charge in [-0.1, -0.05) is 33.8 Å². The summed E-state index contributed by atoms with van der Waals surface area (Å²) in [5.41, 5.74) is 2.50. The van der Waals surface area contributed by atoms with Gasteiger partial charge in [0.15, 0.2) is 6.61 Å². The number of pyridine rings is 1. The van der Waals surface area contributed by atoms with Gasteiger partial charge >= 0.3 is 6.18 Å². The number of hydrogen-bond donors (Lipinski definition) is 1. The van der Waals surface area contributed by atoms with E-state index in [1.165, 1.54) is 0 Å². The van der Waals surface area contributed by atoms with E-state index in [2.05, 4.69) is 4.98 Å². The van der Waals surface area contributed by atoms with Crippen LogP contribution < -0.4 is 4.74 Å². The van der Waals surface area contributed by atoms with Crippen molar-refractivity contribution >= 4 is 5.57 Å². The molecule has 1 N–H and O–H groups in total. The molecule has 130 valence electrons. The molecular formula is C17H24F3NO2. The number of rotatable bonds is 6. The number of aliphatic hydroxyl groups is 1. The van der Waals surface area contributed by atoms with Gasteiger partial charge in [0.1, 0.15) is 5.75 Å². The Balaban J connectivity index is 3.49. The van der Waals surface area contributed by atoms with Gasteiger partial charge in [-0.3, -0.25) is 4.98 Å². The van der Waals surface area contributed by atoms with E-state index >= 15 is 0 Å². The molecule has 0 saturated carbocycles. The Morgan fingerprint density at radius 2 is 1.87 bits per heavy atom. The third-order valence-electron chi connectivity index (χ3n) is 3.36. The Morgan fingerprint density at radius 3 is 2.30 bits per heavy atom. The van der Waals surface area contributed by atoms with Gasteiger partial charge in [-0.25, -0.2) is 0 Å². The Labute approximate surface area is 135 Å². The van der Waals surface area contributed by atoms with Crippen LogP contribution in [0.1, 0.15) is 63.4 Å². The molecule has 0 amide bonds. The highest BCUT2D eigenvalue weighted by Gasteiger charge is 2.30. The fraction of sp³-hybridized carbons (Fsp3) is 0.588. The van der Waals surface area contributed by atoms with Crippen molar-refractivity contribution in [2.75, 3.05) is 13.2 Å². The molecule has 1 heterocycles. The van der Waals surface area contributed by atoms with Gasteiger partial charge in [0.05, 0.1) is 12.3 Å². The zero-order valence-electron chi connectivity index (χ0n) is 14.2. The number of alkyl halides is 3. The number of aliphatic hydroxyl groups excluding tert-OH is 1. The fourth-order valence-corrected chi connectivity index (χ4v) is 2.11. The van der Waals surface area contributed by atoms with Gasteiger partial charge < -0.3 is 9.84 Å². The van der Waals surface area contributed by atoms with Crippen molar-refractivity contribution in [3.8, 4) is 5.75 Å². The lowest BCUT2D eigenvalue weighted by Gasteiger charge is -2.21. The highest BCUT2D eigenvalue weighted by molar-refractivity contribution is 5.70. The standard InChI is InChI=1S/C17H24F3NO2/c1-10(2)14-8-13(12(5)6-7-22)16(15(21-14)11(3)4)23-9-17(18,19)20/h6,8,10-11,22H,7,9H2,1-5H3/b12-6-. The first-order valence-electron chi connectivity index (χ1n) is 7.59. The molecule has 6 heteroatoms. The lowest BCUT2D eigenvalue weighted by molar-refractivity contribution is -0.153. The zero-order chi connectivity index (χ0) is 17.8. The topological polar surface area (TPSA) is 42.4 Å². The van der Waals surface area contributed by atoms with Crippen molar-refractivity contribution in [1.82, 2.24) is 4.98 Å². The van der Waals surface area contributed by atoms with E-state index < -0.39 is 12.8 Å². The van der Waals surface area contributed by atoms with Gasteiger partial charge in [-0.05, 0) is 30.4 Å². The molecule has 0 aliphatic heterocycles. The quantitative estimate of drug-likeness (QED) is 0.824. The van der Waals surface area contributed by atoms with E-state index in [-0.39, 0.29) is 24.2 Å². The minimum atomic E-state index is -4.42. The van der Waals surface area contributed by atoms with Crippen LogP contribution in [0.25, 0.3) is 5.57 Å². The summed E-state index contributed by atoms with van der Waals surface area (Å²) in [4.78, 5) is 4.49. The van der Waals surface area contributed by atoms with Crippen LogP contribution in [0.15, 0.2) is 12.1 Å². The molecule has 0 aliphatic carbocycles. The van der Waals surface area contributed by atoms with Crippen molar-refractivity contribution in [3.63, 3.8) is 0 Å². The molecule has 0 unspecified atom stereocenters. The third-order valence-corrected chi connectivity index (χ3v) is 3.36. The van der Waals surface area contributed by atoms with Crippen LogP contribution >= 0.6 is 0 Å². The second-order valence-corrected chi connectivity index (χ2v) is 6.09. The third kappa shape index (κ3) is 5.53. The number of ether oxygens (including phenoxy) is 1. The van der Waals surface area contributed by atoms with Gasteiger partial charge in [-0.2, -0.15) is 13.2 Å². The molecule has 0 fully saturated rings. The van der Waals surface area contributed by atoms with E-state index in [0.29, 0.717) is 16.8 Å². The average molecular weight is 331 g/mol. The molecule has 0 spiro atoms. The van der Waals surface area contributed by atoms with Gasteiger partial charge in [0.25, 0.3) is 0 Å². The first-order valence-corrected chi connectivity index (χ1v) is 7.59. The van der Waals surface area contributed by atoms with Crippen molar-refractivity contribution < 1.29 is 23.0 Å². The Bertz CT molecular complexity index is 564. The number of nitrogens with zero attached hydrogens (tertiary/aromatic N) is 1. The van der Waals surface area contributed by atoms with Crippen molar-refractivity contribution in [2.24, 2.45) is 0 Å². The van der Waals surface area contributed by atoms with E-state index in [9.17, 15) is 13.2 Å². The maximum atomic E-state index is 12.6. The second-order valence-electron chi connectivity index (χ2n) is 6.09. The van der Waals surface area contributed by atoms with Crippen LogP contribution in [0.5, 0.6) is 5.75 Å². The molecular weight excluding hydrogens is 307 g/mol. The summed E-state index contributed by atoms with van der Waals surface area (Å²) in [7, 11) is 0. The summed E-state index contributed by atoms with van der Waals surface area (Å²) >= 11 is 0. The smallest absolute Gasteiger partial charge is 0.422 e. The molecule has 0 atom stereocenters. The minimum absolute atomic E-state index is 0.0855. The van der Waals surface area contributed by atoms with Gasteiger partial charge in [0.2, 0.25) is 0 Å². The molecule has 0 radical (unpaired) electrons. The summed E-state index contributed by atoms with van der Waals surface area (Å²) in [6.45, 7) is 7.84. The normalized spacial score (nSPS) is 13.1. The molecule has 3 nitrogen and oxygen atoms in total. The van der Waals surface area contributed by atoms with Gasteiger partial charge in [-0.15, -0.1) is 0 Å². The number of allylic oxidation sites excluding steroid dienone is 1. The van der Waals surface area contributed by atoms with Gasteiger partial charge in [0, 0.05) is 11.3 Å². The Morgan fingerprint density at radius 1 is 1.26 bits per heavy atom. The van der Waals surface area contributed by atoms with Crippen molar-refractivity contribution in [3.05, 3.63) is 29.1 Å². The number of hydrogen-bond acceptors (Lipinski definition) is 3. The fourth-order valence-electron chi connectivity index (χ4n) is 2.11. The van der Waals surface area contributed by atoms with Crippen molar-refractivity contribution in [1.29, 1.82) is 0 Å². The van der Waals surface area contributed by atoms with Crippen LogP contribution in [0, 0.1) is 0 Å². The minimum Gasteiger partial charge on any atom is -0.482 e. The first kappa shape index (κ1) is 19.5. The van der Waals surface area contributed by atoms with Crippen molar-refractivity contribution in [2.45, 2.75) is 52.6 Å². The summed E-state index contributed by atoms with van der Waals surface area (Å²) in [5, 5.41) is 9.09. The van der Waals surface area contributed by atoms with E-state index in [0.717, 1.165) is 5.69 Å². The van der Waals surface area contributed by atoms with Crippen LogP contribution in [-0.2, 0) is 0 Å². The highest BCUT2D eigenvalue weighted by atomic mass is 19.4. The Hall–Kier alpha value is -1.56. The average Bonchev–Trinajstić information content (AvgIpc) is 2.43. The number of aromatic nitrogens is 1. The van der Waals surface area contributed by atoms with Crippen LogP contribution in [0.2, 0.25) is 0 Å². The maximum Gasteiger partial charge on any atom is 0.422 e. The van der Waals surface area contributed by atoms with E-state index in [4.69, 9.17) is 9.84 Å². The Kier molecular flexibility index (Phi) is 6.62. The molecule has 0 aromatic carbocycles. The maximum absolute atomic E-state index is 12.6. The molecule has 23 heavy (non-hydrogen) atoms. The molecule has 0 bridgehead atoms. The van der Waals surface area contributed by atoms with E-state index in [1.54, 1.807) is 19.1 Å². The SMILES string of the molecule is C/C(=C/CO)c1cc(C(C)C)nc(C(C)C)c1OCC(F)(F)F. The van der Waals surface area contributed by atoms with Crippen LogP contribution in [0.4, 0.5) is 13.2 Å². The molecule has 1 aromatic rings. The van der Waals surface area contributed by atoms with Crippen LogP contribution in [0.3, 0.4) is 0 Å². The monoisotopic (exact) mass is 331 g/mol. The largest absolute Gasteiger partial charge is 0.482 e. The molecule has 1 aromatic heterocycles. The summed E-state index contributed by atoms with van der Waals surface area (Å²) in [6, 6.07) is 1.74. The molecule has 1 rings (SSSR count). The summed E-state index contributed by atoms with van der Waals surface area (Å²) < 4.78 is 42.8. The second kappa shape index (κ2) is 7.81. The first-order chi connectivity index (χ1) is 10.6. The zero-order valence-corrected chi connectivity index (χ0v) is 14.2. The molecule has 0 saturated heterocycles. The summed E-state index contributed by atoms with van der Waals surface area (Å²) in [5.74, 6) is 0.186. The van der Waals surface area contributed by atoms with E-state index in [1.807, 2.05) is 27.7 Å². The molecule has 0 aliphatic rings. The number of halogens is 3.